The number of aryl methyl sites for hydroxylation is 1. The second-order valence-electron chi connectivity index (χ2n) is 7.74. The van der Waals surface area contributed by atoms with Crippen molar-refractivity contribution < 1.29 is 14.6 Å². The van der Waals surface area contributed by atoms with Crippen molar-refractivity contribution in [3.63, 3.8) is 0 Å². The first-order valence-electron chi connectivity index (χ1n) is 10.3. The normalized spacial score (nSPS) is 19.7. The molecular formula is C23H24N4O3S. The lowest BCUT2D eigenvalue weighted by atomic mass is 9.97. The number of nitrogens with one attached hydrogen (secondary N) is 1. The van der Waals surface area contributed by atoms with Crippen LogP contribution < -0.4 is 14.8 Å². The van der Waals surface area contributed by atoms with E-state index < -0.39 is 0 Å². The molecule has 2 aromatic heterocycles. The second-order valence-corrected chi connectivity index (χ2v) is 8.13. The zero-order chi connectivity index (χ0) is 21.5. The van der Waals surface area contributed by atoms with E-state index in [4.69, 9.17) is 21.7 Å². The molecule has 0 spiro atoms. The number of pyridine rings is 1. The van der Waals surface area contributed by atoms with E-state index in [0.717, 1.165) is 39.8 Å². The lowest BCUT2D eigenvalue weighted by Crippen LogP contribution is -2.32. The third-order valence-electron chi connectivity index (χ3n) is 5.94. The van der Waals surface area contributed by atoms with Crippen LogP contribution in [0.3, 0.4) is 0 Å². The Morgan fingerprint density at radius 2 is 2.00 bits per heavy atom. The second kappa shape index (κ2) is 7.86. The van der Waals surface area contributed by atoms with Crippen LogP contribution >= 0.6 is 12.2 Å². The van der Waals surface area contributed by atoms with Crippen LogP contribution in [0.5, 0.6) is 11.5 Å². The first-order chi connectivity index (χ1) is 15.1. The lowest BCUT2D eigenvalue weighted by molar-refractivity contribution is 0.174. The number of aliphatic hydroxyl groups excluding tert-OH is 1. The van der Waals surface area contributed by atoms with Crippen molar-refractivity contribution in [2.45, 2.75) is 25.9 Å². The number of hydrogen-bond acceptors (Lipinski definition) is 5. The fourth-order valence-corrected chi connectivity index (χ4v) is 4.93. The van der Waals surface area contributed by atoms with Gasteiger partial charge in [0.2, 0.25) is 6.79 Å². The monoisotopic (exact) mass is 436 g/mol. The van der Waals surface area contributed by atoms with Gasteiger partial charge in [-0.1, -0.05) is 6.07 Å². The summed E-state index contributed by atoms with van der Waals surface area (Å²) in [4.78, 5) is 6.63. The van der Waals surface area contributed by atoms with E-state index in [1.54, 1.807) is 6.20 Å². The number of nitrogens with zero attached hydrogens (tertiary/aromatic N) is 3. The van der Waals surface area contributed by atoms with Crippen molar-refractivity contribution in [2.24, 2.45) is 0 Å². The minimum absolute atomic E-state index is 0.0220. The van der Waals surface area contributed by atoms with Gasteiger partial charge in [-0.3, -0.25) is 4.98 Å². The first kappa shape index (κ1) is 19.8. The van der Waals surface area contributed by atoms with Gasteiger partial charge in [0, 0.05) is 35.9 Å². The number of hydrogen-bond donors (Lipinski definition) is 2. The predicted molar refractivity (Wildman–Crippen MR) is 121 cm³/mol. The Kier molecular flexibility index (Phi) is 5.03. The molecule has 2 aliphatic rings. The lowest BCUT2D eigenvalue weighted by Gasteiger charge is -2.27. The number of benzene rings is 1. The molecule has 1 saturated heterocycles. The van der Waals surface area contributed by atoms with Gasteiger partial charge in [-0.2, -0.15) is 0 Å². The molecule has 2 N–H and O–H groups in total. The molecule has 2 unspecified atom stereocenters. The van der Waals surface area contributed by atoms with Crippen molar-refractivity contribution in [1.82, 2.24) is 19.8 Å². The minimum atomic E-state index is -0.106. The van der Waals surface area contributed by atoms with E-state index in [9.17, 15) is 5.11 Å². The Labute approximate surface area is 186 Å². The van der Waals surface area contributed by atoms with Gasteiger partial charge in [0.1, 0.15) is 0 Å². The smallest absolute Gasteiger partial charge is 0.231 e. The molecule has 0 amide bonds. The van der Waals surface area contributed by atoms with Gasteiger partial charge in [-0.25, -0.2) is 0 Å². The molecule has 5 rings (SSSR count). The number of aliphatic hydroxyl groups is 1. The fourth-order valence-electron chi connectivity index (χ4n) is 4.60. The van der Waals surface area contributed by atoms with Gasteiger partial charge in [0.15, 0.2) is 16.6 Å². The summed E-state index contributed by atoms with van der Waals surface area (Å²) in [5.74, 6) is 1.52. The molecule has 0 radical (unpaired) electrons. The summed E-state index contributed by atoms with van der Waals surface area (Å²) in [6.07, 6.45) is 1.79. The van der Waals surface area contributed by atoms with E-state index in [1.807, 2.05) is 36.4 Å². The standard InChI is InChI=1S/C23H24N4O3S/c1-14-11-17(15(2)27(14)16-6-7-19-20(12-16)30-13-29-19)22-21(18-5-3-4-8-24-18)25-23(31)26(22)9-10-28/h3-8,11-12,21-22,28H,9-10,13H2,1-2H3,(H,25,31). The van der Waals surface area contributed by atoms with Crippen LogP contribution in [0.15, 0.2) is 48.7 Å². The molecule has 0 saturated carbocycles. The molecular weight excluding hydrogens is 412 g/mol. The average molecular weight is 437 g/mol. The van der Waals surface area contributed by atoms with Gasteiger partial charge in [0.05, 0.1) is 24.4 Å². The Bertz CT molecular complexity index is 1130. The summed E-state index contributed by atoms with van der Waals surface area (Å²) < 4.78 is 13.3. The molecule has 0 aliphatic carbocycles. The van der Waals surface area contributed by atoms with Crippen LogP contribution in [0.4, 0.5) is 0 Å². The maximum Gasteiger partial charge on any atom is 0.231 e. The van der Waals surface area contributed by atoms with E-state index in [0.29, 0.717) is 11.7 Å². The Morgan fingerprint density at radius 1 is 1.16 bits per heavy atom. The fraction of sp³-hybridized carbons (Fsp3) is 0.304. The van der Waals surface area contributed by atoms with Crippen LogP contribution in [0, 0.1) is 13.8 Å². The van der Waals surface area contributed by atoms with Crippen molar-refractivity contribution in [3.8, 4) is 17.2 Å². The van der Waals surface area contributed by atoms with E-state index in [1.165, 1.54) is 0 Å². The summed E-state index contributed by atoms with van der Waals surface area (Å²) in [5, 5.41) is 13.7. The van der Waals surface area contributed by atoms with Crippen LogP contribution in [0.1, 0.15) is 34.7 Å². The number of thiocarbonyl (C=S) groups is 1. The highest BCUT2D eigenvalue weighted by molar-refractivity contribution is 7.80. The number of aromatic nitrogens is 2. The summed E-state index contributed by atoms with van der Waals surface area (Å²) in [6, 6.07) is 13.9. The zero-order valence-electron chi connectivity index (χ0n) is 17.4. The van der Waals surface area contributed by atoms with Gasteiger partial charge in [-0.15, -0.1) is 0 Å². The van der Waals surface area contributed by atoms with Crippen LogP contribution in [0.2, 0.25) is 0 Å². The third kappa shape index (κ3) is 3.32. The highest BCUT2D eigenvalue weighted by atomic mass is 32.1. The summed E-state index contributed by atoms with van der Waals surface area (Å²) in [7, 11) is 0. The zero-order valence-corrected chi connectivity index (χ0v) is 18.2. The minimum Gasteiger partial charge on any atom is -0.454 e. The topological polar surface area (TPSA) is 71.8 Å². The molecule has 31 heavy (non-hydrogen) atoms. The average Bonchev–Trinajstić information content (AvgIpc) is 3.45. The molecule has 2 atom stereocenters. The van der Waals surface area contributed by atoms with Gasteiger partial charge < -0.3 is 29.4 Å². The molecule has 1 aromatic carbocycles. The molecule has 0 bridgehead atoms. The SMILES string of the molecule is Cc1cc(C2C(c3ccccn3)NC(=S)N2CCO)c(C)n1-c1ccc2c(c1)OCO2. The quantitative estimate of drug-likeness (QED) is 0.595. The Hall–Kier alpha value is -3.10. The largest absolute Gasteiger partial charge is 0.454 e. The van der Waals surface area contributed by atoms with Crippen molar-refractivity contribution >= 4 is 17.3 Å². The van der Waals surface area contributed by atoms with Crippen LogP contribution in [-0.2, 0) is 0 Å². The van der Waals surface area contributed by atoms with Gasteiger partial charge >= 0.3 is 0 Å². The summed E-state index contributed by atoms with van der Waals surface area (Å²) in [5.41, 5.74) is 5.29. The highest BCUT2D eigenvalue weighted by Crippen LogP contribution is 2.42. The molecule has 8 heteroatoms. The van der Waals surface area contributed by atoms with Gasteiger partial charge in [-0.05, 0) is 62.0 Å². The number of ether oxygens (including phenoxy) is 2. The van der Waals surface area contributed by atoms with Crippen molar-refractivity contribution in [1.29, 1.82) is 0 Å². The van der Waals surface area contributed by atoms with E-state index in [2.05, 4.69) is 39.7 Å². The molecule has 160 valence electrons. The molecule has 7 nitrogen and oxygen atoms in total. The number of fused-ring (bicyclic) bond motifs is 1. The summed E-state index contributed by atoms with van der Waals surface area (Å²) in [6.45, 7) is 4.93. The van der Waals surface area contributed by atoms with E-state index >= 15 is 0 Å². The van der Waals surface area contributed by atoms with Crippen molar-refractivity contribution in [3.05, 3.63) is 71.3 Å². The number of rotatable bonds is 5. The number of β-amino-alcohol motifs (C(OH)–C–C–N with tert-alkyl or cyclic N) is 1. The maximum atomic E-state index is 9.69. The highest BCUT2D eigenvalue weighted by Gasteiger charge is 2.41. The molecule has 3 aromatic rings. The maximum absolute atomic E-state index is 9.69. The van der Waals surface area contributed by atoms with Crippen molar-refractivity contribution in [2.75, 3.05) is 19.9 Å². The predicted octanol–water partition coefficient (Wildman–Crippen LogP) is 3.18. The van der Waals surface area contributed by atoms with Gasteiger partial charge in [0.25, 0.3) is 0 Å². The summed E-state index contributed by atoms with van der Waals surface area (Å²) >= 11 is 5.63. The van der Waals surface area contributed by atoms with E-state index in [-0.39, 0.29) is 25.5 Å². The Balaban J connectivity index is 1.60. The van der Waals surface area contributed by atoms with Crippen LogP contribution in [-0.4, -0.2) is 44.6 Å². The van der Waals surface area contributed by atoms with Crippen LogP contribution in [0.25, 0.3) is 5.69 Å². The molecule has 4 heterocycles. The molecule has 2 aliphatic heterocycles. The third-order valence-corrected chi connectivity index (χ3v) is 6.29. The molecule has 1 fully saturated rings. The first-order valence-corrected chi connectivity index (χ1v) is 10.7. The Morgan fingerprint density at radius 3 is 2.77 bits per heavy atom.